The van der Waals surface area contributed by atoms with Crippen molar-refractivity contribution >= 4 is 17.9 Å². The van der Waals surface area contributed by atoms with Gasteiger partial charge in [0.15, 0.2) is 0 Å². The van der Waals surface area contributed by atoms with Gasteiger partial charge >= 0.3 is 6.09 Å². The predicted octanol–water partition coefficient (Wildman–Crippen LogP) is 2.29. The second-order valence-electron chi connectivity index (χ2n) is 6.62. The largest absolute Gasteiger partial charge is 0.450 e. The van der Waals surface area contributed by atoms with Crippen LogP contribution in [0.4, 0.5) is 4.79 Å². The lowest BCUT2D eigenvalue weighted by molar-refractivity contribution is -0.135. The van der Waals surface area contributed by atoms with Crippen LogP contribution in [0.5, 0.6) is 0 Å². The second-order valence-corrected chi connectivity index (χ2v) is 6.62. The zero-order valence-electron chi connectivity index (χ0n) is 16.4. The van der Waals surface area contributed by atoms with Crippen LogP contribution in [0.2, 0.25) is 0 Å². The number of carbonyl (C=O) groups excluding carboxylic acids is 3. The van der Waals surface area contributed by atoms with Crippen molar-refractivity contribution in [3.63, 3.8) is 0 Å². The van der Waals surface area contributed by atoms with Gasteiger partial charge in [-0.3, -0.25) is 9.59 Å². The van der Waals surface area contributed by atoms with Gasteiger partial charge in [-0.15, -0.1) is 0 Å². The first-order chi connectivity index (χ1) is 12.9. The first-order valence-electron chi connectivity index (χ1n) is 9.45. The third-order valence-electron chi connectivity index (χ3n) is 4.88. The van der Waals surface area contributed by atoms with Crippen LogP contribution in [0.3, 0.4) is 0 Å². The average Bonchev–Trinajstić information content (AvgIpc) is 2.68. The molecule has 1 unspecified atom stereocenters. The highest BCUT2D eigenvalue weighted by Gasteiger charge is 2.26. The molecule has 2 rings (SSSR count). The van der Waals surface area contributed by atoms with Crippen LogP contribution in [-0.2, 0) is 14.3 Å². The summed E-state index contributed by atoms with van der Waals surface area (Å²) in [5.74, 6) is -0.0451. The number of nitrogens with zero attached hydrogens (tertiary/aromatic N) is 3. The number of rotatable bonds is 6. The Labute approximate surface area is 160 Å². The van der Waals surface area contributed by atoms with Crippen LogP contribution in [0.25, 0.3) is 0 Å². The van der Waals surface area contributed by atoms with Crippen LogP contribution >= 0.6 is 0 Å². The Bertz CT molecular complexity index is 642. The first kappa shape index (κ1) is 20.7. The smallest absolute Gasteiger partial charge is 0.409 e. The van der Waals surface area contributed by atoms with E-state index in [1.807, 2.05) is 37.3 Å². The maximum atomic E-state index is 12.5. The molecule has 0 aliphatic carbocycles. The lowest BCUT2D eigenvalue weighted by Crippen LogP contribution is -2.51. The van der Waals surface area contributed by atoms with Crippen molar-refractivity contribution < 1.29 is 19.1 Å². The topological polar surface area (TPSA) is 70.2 Å². The van der Waals surface area contributed by atoms with E-state index >= 15 is 0 Å². The Balaban J connectivity index is 1.86. The van der Waals surface area contributed by atoms with Gasteiger partial charge < -0.3 is 19.4 Å². The molecule has 0 spiro atoms. The average molecular weight is 375 g/mol. The summed E-state index contributed by atoms with van der Waals surface area (Å²) in [7, 11) is 0. The van der Waals surface area contributed by atoms with Gasteiger partial charge in [-0.2, -0.15) is 0 Å². The third kappa shape index (κ3) is 5.70. The minimum absolute atomic E-state index is 0.00465. The van der Waals surface area contributed by atoms with E-state index in [4.69, 9.17) is 4.74 Å². The van der Waals surface area contributed by atoms with Gasteiger partial charge in [0.05, 0.1) is 12.6 Å². The predicted molar refractivity (Wildman–Crippen MR) is 102 cm³/mol. The summed E-state index contributed by atoms with van der Waals surface area (Å²) >= 11 is 0. The molecule has 0 aromatic heterocycles. The summed E-state index contributed by atoms with van der Waals surface area (Å²) < 4.78 is 4.99. The molecule has 0 radical (unpaired) electrons. The molecule has 0 bridgehead atoms. The third-order valence-corrected chi connectivity index (χ3v) is 4.88. The van der Waals surface area contributed by atoms with Crippen LogP contribution in [0, 0.1) is 0 Å². The Morgan fingerprint density at radius 3 is 2.22 bits per heavy atom. The fraction of sp³-hybridized carbons (Fsp3) is 0.550. The molecule has 0 N–H and O–H groups in total. The van der Waals surface area contributed by atoms with Crippen LogP contribution in [-0.4, -0.2) is 71.9 Å². The fourth-order valence-electron chi connectivity index (χ4n) is 3.26. The summed E-state index contributed by atoms with van der Waals surface area (Å²) in [5, 5.41) is 0. The summed E-state index contributed by atoms with van der Waals surface area (Å²) in [6.07, 6.45) is -0.0556. The van der Waals surface area contributed by atoms with Gasteiger partial charge in [0.1, 0.15) is 0 Å². The molecule has 148 valence electrons. The van der Waals surface area contributed by atoms with E-state index < -0.39 is 0 Å². The lowest BCUT2D eigenvalue weighted by atomic mass is 10.1. The molecular formula is C20H29N3O4. The minimum Gasteiger partial charge on any atom is -0.450 e. The summed E-state index contributed by atoms with van der Waals surface area (Å²) in [4.78, 5) is 41.4. The first-order valence-corrected chi connectivity index (χ1v) is 9.45. The standard InChI is InChI=1S/C20H29N3O4/c1-4-27-20(26)22-14-12-21(13-15-22)19(25)10-11-23(17(3)24)16(2)18-8-6-5-7-9-18/h5-9,16H,4,10-15H2,1-3H3. The quantitative estimate of drug-likeness (QED) is 0.765. The van der Waals surface area contributed by atoms with Crippen LogP contribution < -0.4 is 0 Å². The Hall–Kier alpha value is -2.57. The van der Waals surface area contributed by atoms with Crippen molar-refractivity contribution in [3.05, 3.63) is 35.9 Å². The zero-order chi connectivity index (χ0) is 19.8. The van der Waals surface area contributed by atoms with Crippen molar-refractivity contribution in [2.75, 3.05) is 39.3 Å². The van der Waals surface area contributed by atoms with Crippen molar-refractivity contribution in [3.8, 4) is 0 Å². The van der Waals surface area contributed by atoms with Crippen LogP contribution in [0.15, 0.2) is 30.3 Å². The molecule has 7 nitrogen and oxygen atoms in total. The molecular weight excluding hydrogens is 346 g/mol. The normalized spacial score (nSPS) is 15.2. The maximum absolute atomic E-state index is 12.5. The van der Waals surface area contributed by atoms with E-state index in [-0.39, 0.29) is 30.4 Å². The minimum atomic E-state index is -0.330. The highest BCUT2D eigenvalue weighted by molar-refractivity contribution is 5.78. The maximum Gasteiger partial charge on any atom is 0.409 e. The number of hydrogen-bond acceptors (Lipinski definition) is 4. The van der Waals surface area contributed by atoms with E-state index in [1.54, 1.807) is 21.6 Å². The molecule has 3 amide bonds. The monoisotopic (exact) mass is 375 g/mol. The van der Waals surface area contributed by atoms with E-state index in [2.05, 4.69) is 0 Å². The van der Waals surface area contributed by atoms with Crippen molar-refractivity contribution in [2.45, 2.75) is 33.2 Å². The zero-order valence-corrected chi connectivity index (χ0v) is 16.4. The molecule has 1 aliphatic rings. The molecule has 27 heavy (non-hydrogen) atoms. The number of amides is 3. The second kappa shape index (κ2) is 9.94. The Morgan fingerprint density at radius 2 is 1.67 bits per heavy atom. The van der Waals surface area contributed by atoms with E-state index in [9.17, 15) is 14.4 Å². The Morgan fingerprint density at radius 1 is 1.07 bits per heavy atom. The van der Waals surface area contributed by atoms with Crippen molar-refractivity contribution in [2.24, 2.45) is 0 Å². The molecule has 7 heteroatoms. The van der Waals surface area contributed by atoms with E-state index in [0.29, 0.717) is 39.3 Å². The fourth-order valence-corrected chi connectivity index (χ4v) is 3.26. The lowest BCUT2D eigenvalue weighted by Gasteiger charge is -2.35. The van der Waals surface area contributed by atoms with Gasteiger partial charge in [-0.1, -0.05) is 30.3 Å². The van der Waals surface area contributed by atoms with Gasteiger partial charge in [0.25, 0.3) is 0 Å². The van der Waals surface area contributed by atoms with Gasteiger partial charge in [0, 0.05) is 46.1 Å². The van der Waals surface area contributed by atoms with Gasteiger partial charge in [-0.05, 0) is 19.4 Å². The summed E-state index contributed by atoms with van der Waals surface area (Å²) in [5.41, 5.74) is 1.04. The van der Waals surface area contributed by atoms with Gasteiger partial charge in [0.2, 0.25) is 11.8 Å². The highest BCUT2D eigenvalue weighted by atomic mass is 16.6. The number of benzene rings is 1. The molecule has 1 aliphatic heterocycles. The molecule has 1 aromatic carbocycles. The van der Waals surface area contributed by atoms with E-state index in [1.165, 1.54) is 6.92 Å². The van der Waals surface area contributed by atoms with E-state index in [0.717, 1.165) is 5.56 Å². The SMILES string of the molecule is CCOC(=O)N1CCN(C(=O)CCN(C(C)=O)C(C)c2ccccc2)CC1. The van der Waals surface area contributed by atoms with Crippen molar-refractivity contribution in [1.82, 2.24) is 14.7 Å². The molecule has 0 saturated carbocycles. The molecule has 1 fully saturated rings. The number of carbonyl (C=O) groups is 3. The summed E-state index contributed by atoms with van der Waals surface area (Å²) in [6.45, 7) is 7.93. The Kier molecular flexibility index (Phi) is 7.64. The number of hydrogen-bond donors (Lipinski definition) is 0. The van der Waals surface area contributed by atoms with Crippen LogP contribution in [0.1, 0.15) is 38.8 Å². The summed E-state index contributed by atoms with van der Waals surface area (Å²) in [6, 6.07) is 9.70. The highest BCUT2D eigenvalue weighted by Crippen LogP contribution is 2.20. The molecule has 1 aromatic rings. The van der Waals surface area contributed by atoms with Gasteiger partial charge in [-0.25, -0.2) is 4.79 Å². The molecule has 1 saturated heterocycles. The van der Waals surface area contributed by atoms with Crippen molar-refractivity contribution in [1.29, 1.82) is 0 Å². The molecule has 1 atom stereocenters. The number of piperazine rings is 1. The molecule has 1 heterocycles. The number of ether oxygens (including phenoxy) is 1.